The van der Waals surface area contributed by atoms with Crippen LogP contribution in [0.4, 0.5) is 10.1 Å². The van der Waals surface area contributed by atoms with Gasteiger partial charge in [0.25, 0.3) is 5.91 Å². The van der Waals surface area contributed by atoms with Crippen LogP contribution < -0.4 is 15.4 Å². The zero-order valence-corrected chi connectivity index (χ0v) is 16.3. The first-order valence-electron chi connectivity index (χ1n) is 9.47. The molecule has 0 aromatic heterocycles. The van der Waals surface area contributed by atoms with Gasteiger partial charge in [-0.25, -0.2) is 4.39 Å². The summed E-state index contributed by atoms with van der Waals surface area (Å²) in [6.45, 7) is 0.284. The number of amides is 3. The normalized spacial score (nSPS) is 20.7. The van der Waals surface area contributed by atoms with Crippen molar-refractivity contribution in [2.75, 3.05) is 12.4 Å². The predicted octanol–water partition coefficient (Wildman–Crippen LogP) is 1.70. The lowest BCUT2D eigenvalue weighted by Crippen LogP contribution is -2.63. The standard InChI is InChI=1S/C21H19BFN3O4/c1-30-16-7-2-4-12(18(16)23)10-24-15-6-3-5-13-14(15)11-26(19(13)28)21(22)9-8-17(27)25-20(21)29/h2-7,24H,8-11H2,1H3,(H,25,27,29). The maximum atomic E-state index is 14.4. The van der Waals surface area contributed by atoms with Gasteiger partial charge in [-0.1, -0.05) is 18.2 Å². The number of carbonyl (C=O) groups is 3. The average Bonchev–Trinajstić information content (AvgIpc) is 3.08. The second kappa shape index (κ2) is 7.48. The van der Waals surface area contributed by atoms with Crippen molar-refractivity contribution in [2.45, 2.75) is 31.4 Å². The molecule has 9 heteroatoms. The molecule has 3 amide bonds. The number of hydrogen-bond acceptors (Lipinski definition) is 5. The molecule has 2 aliphatic rings. The molecule has 2 heterocycles. The summed E-state index contributed by atoms with van der Waals surface area (Å²) >= 11 is 0. The molecule has 2 aliphatic heterocycles. The Morgan fingerprint density at radius 3 is 2.73 bits per heavy atom. The van der Waals surface area contributed by atoms with E-state index in [-0.39, 0.29) is 37.6 Å². The van der Waals surface area contributed by atoms with Gasteiger partial charge >= 0.3 is 0 Å². The van der Waals surface area contributed by atoms with Gasteiger partial charge in [0.05, 0.1) is 12.5 Å². The number of nitrogens with one attached hydrogen (secondary N) is 2. The topological polar surface area (TPSA) is 87.7 Å². The van der Waals surface area contributed by atoms with Gasteiger partial charge in [-0.05, 0) is 24.6 Å². The number of hydrogen-bond donors (Lipinski definition) is 2. The van der Waals surface area contributed by atoms with E-state index in [2.05, 4.69) is 10.6 Å². The number of ether oxygens (including phenoxy) is 1. The minimum atomic E-state index is -1.60. The maximum absolute atomic E-state index is 14.4. The van der Waals surface area contributed by atoms with E-state index in [0.29, 0.717) is 22.4 Å². The number of nitrogens with zero attached hydrogens (tertiary/aromatic N) is 1. The third kappa shape index (κ3) is 3.20. The van der Waals surface area contributed by atoms with Crippen molar-refractivity contribution in [3.8, 4) is 5.75 Å². The smallest absolute Gasteiger partial charge is 0.254 e. The van der Waals surface area contributed by atoms with Crippen LogP contribution in [0.15, 0.2) is 36.4 Å². The Balaban J connectivity index is 1.58. The van der Waals surface area contributed by atoms with E-state index in [1.54, 1.807) is 30.3 Å². The molecule has 1 saturated heterocycles. The molecular formula is C21H19BFN3O4. The molecule has 2 N–H and O–H groups in total. The summed E-state index contributed by atoms with van der Waals surface area (Å²) in [5, 5.41) is 5.36. The van der Waals surface area contributed by atoms with Gasteiger partial charge in [0.15, 0.2) is 11.6 Å². The Morgan fingerprint density at radius 2 is 2.00 bits per heavy atom. The number of halogens is 1. The fraction of sp³-hybridized carbons (Fsp3) is 0.286. The van der Waals surface area contributed by atoms with E-state index < -0.39 is 23.1 Å². The number of imide groups is 1. The molecule has 2 aromatic carbocycles. The Morgan fingerprint density at radius 1 is 1.23 bits per heavy atom. The molecule has 1 unspecified atom stereocenters. The molecule has 7 nitrogen and oxygen atoms in total. The molecule has 2 radical (unpaired) electrons. The van der Waals surface area contributed by atoms with E-state index in [0.717, 1.165) is 0 Å². The molecule has 30 heavy (non-hydrogen) atoms. The first kappa shape index (κ1) is 19.9. The van der Waals surface area contributed by atoms with Gasteiger partial charge in [-0.15, -0.1) is 0 Å². The molecule has 1 fully saturated rings. The first-order chi connectivity index (χ1) is 14.3. The van der Waals surface area contributed by atoms with Gasteiger partial charge in [0, 0.05) is 41.9 Å². The number of rotatable bonds is 5. The molecular weight excluding hydrogens is 388 g/mol. The monoisotopic (exact) mass is 407 g/mol. The lowest BCUT2D eigenvalue weighted by Gasteiger charge is -2.40. The molecule has 2 aromatic rings. The summed E-state index contributed by atoms with van der Waals surface area (Å²) in [7, 11) is 7.66. The summed E-state index contributed by atoms with van der Waals surface area (Å²) in [5.41, 5.74) is 0.538. The summed E-state index contributed by atoms with van der Waals surface area (Å²) < 4.78 is 19.4. The molecule has 152 valence electrons. The molecule has 0 bridgehead atoms. The number of carbonyl (C=O) groups excluding carboxylic acids is 3. The van der Waals surface area contributed by atoms with Crippen molar-refractivity contribution in [1.29, 1.82) is 0 Å². The van der Waals surface area contributed by atoms with Crippen molar-refractivity contribution < 1.29 is 23.5 Å². The fourth-order valence-electron chi connectivity index (χ4n) is 3.83. The Hall–Kier alpha value is -3.36. The SMILES string of the molecule is [B]C1(N2Cc3c(NCc4cccc(OC)c4F)cccc3C2=O)CCC(=O)NC1=O. The van der Waals surface area contributed by atoms with Gasteiger partial charge in [-0.3, -0.25) is 19.7 Å². The highest BCUT2D eigenvalue weighted by molar-refractivity contribution is 6.32. The Kier molecular flexibility index (Phi) is 4.97. The second-order valence-corrected chi connectivity index (χ2v) is 7.31. The first-order valence-corrected chi connectivity index (χ1v) is 9.47. The number of fused-ring (bicyclic) bond motifs is 1. The third-order valence-corrected chi connectivity index (χ3v) is 5.56. The molecule has 4 rings (SSSR count). The van der Waals surface area contributed by atoms with Crippen LogP contribution in [0.25, 0.3) is 0 Å². The third-order valence-electron chi connectivity index (χ3n) is 5.56. The van der Waals surface area contributed by atoms with Crippen LogP contribution in [0.1, 0.15) is 34.3 Å². The number of methoxy groups -OCH3 is 1. The predicted molar refractivity (Wildman–Crippen MR) is 107 cm³/mol. The lowest BCUT2D eigenvalue weighted by molar-refractivity contribution is -0.138. The van der Waals surface area contributed by atoms with Crippen LogP contribution in [0.5, 0.6) is 5.75 Å². The minimum Gasteiger partial charge on any atom is -0.494 e. The van der Waals surface area contributed by atoms with Crippen molar-refractivity contribution >= 4 is 31.3 Å². The van der Waals surface area contributed by atoms with Gasteiger partial charge in [0.2, 0.25) is 11.8 Å². The largest absolute Gasteiger partial charge is 0.494 e. The van der Waals surface area contributed by atoms with E-state index in [4.69, 9.17) is 12.6 Å². The second-order valence-electron chi connectivity index (χ2n) is 7.31. The average molecular weight is 407 g/mol. The highest BCUT2D eigenvalue weighted by atomic mass is 19.1. The van der Waals surface area contributed by atoms with E-state index in [1.807, 2.05) is 0 Å². The minimum absolute atomic E-state index is 0.0508. The highest BCUT2D eigenvalue weighted by Gasteiger charge is 2.48. The zero-order chi connectivity index (χ0) is 21.5. The molecule has 0 aliphatic carbocycles. The highest BCUT2D eigenvalue weighted by Crippen LogP contribution is 2.36. The van der Waals surface area contributed by atoms with Crippen LogP contribution in [0, 0.1) is 5.82 Å². The summed E-state index contributed by atoms with van der Waals surface area (Å²) in [6, 6.07) is 10.0. The summed E-state index contributed by atoms with van der Waals surface area (Å²) in [4.78, 5) is 38.1. The van der Waals surface area contributed by atoms with Crippen LogP contribution in [0.2, 0.25) is 0 Å². The van der Waals surface area contributed by atoms with Crippen molar-refractivity contribution in [3.05, 3.63) is 58.9 Å². The molecule has 0 spiro atoms. The zero-order valence-electron chi connectivity index (χ0n) is 16.3. The number of benzene rings is 2. The fourth-order valence-corrected chi connectivity index (χ4v) is 3.83. The maximum Gasteiger partial charge on any atom is 0.254 e. The van der Waals surface area contributed by atoms with Gasteiger partial charge in [0.1, 0.15) is 7.85 Å². The van der Waals surface area contributed by atoms with Gasteiger partial charge < -0.3 is 15.0 Å². The Labute approximate surface area is 174 Å². The van der Waals surface area contributed by atoms with Crippen LogP contribution >= 0.6 is 0 Å². The van der Waals surface area contributed by atoms with E-state index in [1.165, 1.54) is 18.1 Å². The Bertz CT molecular complexity index is 1060. The van der Waals surface area contributed by atoms with Crippen LogP contribution in [0.3, 0.4) is 0 Å². The lowest BCUT2D eigenvalue weighted by atomic mass is 9.70. The quantitative estimate of drug-likeness (QED) is 0.582. The molecule has 0 saturated carbocycles. The van der Waals surface area contributed by atoms with Crippen molar-refractivity contribution in [3.63, 3.8) is 0 Å². The van der Waals surface area contributed by atoms with Crippen molar-refractivity contribution in [2.24, 2.45) is 0 Å². The molecule has 1 atom stereocenters. The van der Waals surface area contributed by atoms with E-state index in [9.17, 15) is 18.8 Å². The summed E-state index contributed by atoms with van der Waals surface area (Å²) in [6.07, 6.45) is 0.109. The van der Waals surface area contributed by atoms with Crippen LogP contribution in [-0.2, 0) is 22.7 Å². The number of anilines is 1. The van der Waals surface area contributed by atoms with Crippen molar-refractivity contribution in [1.82, 2.24) is 10.2 Å². The summed E-state index contributed by atoms with van der Waals surface area (Å²) in [5.74, 6) is -1.78. The van der Waals surface area contributed by atoms with Crippen LogP contribution in [-0.4, -0.2) is 43.0 Å². The van der Waals surface area contributed by atoms with E-state index >= 15 is 0 Å². The number of piperidine rings is 1. The van der Waals surface area contributed by atoms with Gasteiger partial charge in [-0.2, -0.15) is 0 Å².